The highest BCUT2D eigenvalue weighted by Gasteiger charge is 2.36. The average molecular weight is 486 g/mol. The number of rotatable bonds is 6. The maximum atomic E-state index is 12.4. The predicted octanol–water partition coefficient (Wildman–Crippen LogP) is 4.92. The van der Waals surface area contributed by atoms with Gasteiger partial charge in [0.15, 0.2) is 0 Å². The fraction of sp³-hybridized carbons (Fsp3) is 0.500. The van der Waals surface area contributed by atoms with Gasteiger partial charge in [0.1, 0.15) is 0 Å². The Morgan fingerprint density at radius 1 is 1.00 bits per heavy atom. The number of amidine groups is 1. The van der Waals surface area contributed by atoms with E-state index in [9.17, 15) is 8.42 Å². The Balaban J connectivity index is 1.10. The van der Waals surface area contributed by atoms with Gasteiger partial charge in [-0.15, -0.1) is 0 Å². The molecule has 0 radical (unpaired) electrons. The van der Waals surface area contributed by atoms with E-state index >= 15 is 0 Å². The minimum atomic E-state index is -3.42. The summed E-state index contributed by atoms with van der Waals surface area (Å²) < 4.78 is 27.7. The van der Waals surface area contributed by atoms with Crippen molar-refractivity contribution in [1.29, 1.82) is 0 Å². The van der Waals surface area contributed by atoms with Crippen LogP contribution in [0, 0.1) is 11.8 Å². The van der Waals surface area contributed by atoms with Crippen molar-refractivity contribution >= 4 is 27.5 Å². The number of sulfonamides is 1. The summed E-state index contributed by atoms with van der Waals surface area (Å²) in [6.07, 6.45) is 7.57. The predicted molar refractivity (Wildman–Crippen MR) is 133 cm³/mol. The number of hydrogen-bond donors (Lipinski definition) is 2. The number of aryl methyl sites for hydroxylation is 1. The quantitative estimate of drug-likeness (QED) is 0.610. The third-order valence-electron chi connectivity index (χ3n) is 7.61. The molecule has 33 heavy (non-hydrogen) atoms. The lowest BCUT2D eigenvalue weighted by molar-refractivity contribution is 0.280. The van der Waals surface area contributed by atoms with E-state index in [1.54, 1.807) is 24.3 Å². The molecule has 0 amide bonds. The Morgan fingerprint density at radius 3 is 2.55 bits per heavy atom. The summed E-state index contributed by atoms with van der Waals surface area (Å²) >= 11 is 6.27. The first kappa shape index (κ1) is 22.9. The highest BCUT2D eigenvalue weighted by Crippen LogP contribution is 2.39. The number of nitrogens with one attached hydrogen (secondary N) is 2. The Kier molecular flexibility index (Phi) is 6.77. The average Bonchev–Trinajstić information content (AvgIpc) is 3.26. The van der Waals surface area contributed by atoms with Crippen molar-refractivity contribution in [3.8, 4) is 0 Å². The molecule has 1 aliphatic heterocycles. The van der Waals surface area contributed by atoms with Gasteiger partial charge >= 0.3 is 0 Å². The molecule has 1 saturated carbocycles. The van der Waals surface area contributed by atoms with Crippen LogP contribution in [0.25, 0.3) is 0 Å². The van der Waals surface area contributed by atoms with E-state index in [-0.39, 0.29) is 0 Å². The van der Waals surface area contributed by atoms with Gasteiger partial charge in [-0.3, -0.25) is 4.99 Å². The first-order chi connectivity index (χ1) is 16.0. The summed E-state index contributed by atoms with van der Waals surface area (Å²) in [5.41, 5.74) is 2.83. The Bertz CT molecular complexity index is 1110. The first-order valence-electron chi connectivity index (χ1n) is 12.1. The number of benzene rings is 2. The fourth-order valence-corrected chi connectivity index (χ4v) is 6.97. The van der Waals surface area contributed by atoms with E-state index in [4.69, 9.17) is 16.6 Å². The molecule has 1 heterocycles. The summed E-state index contributed by atoms with van der Waals surface area (Å²) in [5, 5.41) is 4.51. The largest absolute Gasteiger partial charge is 0.370 e. The maximum Gasteiger partial charge on any atom is 0.240 e. The van der Waals surface area contributed by atoms with Crippen LogP contribution in [0.5, 0.6) is 0 Å². The highest BCUT2D eigenvalue weighted by atomic mass is 35.5. The minimum absolute atomic E-state index is 0.337. The van der Waals surface area contributed by atoms with E-state index in [1.807, 2.05) is 12.1 Å². The number of nitrogens with zero attached hydrogens (tertiary/aromatic N) is 1. The second-order valence-corrected chi connectivity index (χ2v) is 12.0. The topological polar surface area (TPSA) is 70.6 Å². The van der Waals surface area contributed by atoms with Gasteiger partial charge in [-0.25, -0.2) is 13.1 Å². The number of halogens is 1. The summed E-state index contributed by atoms with van der Waals surface area (Å²) in [6, 6.07) is 15.4. The lowest BCUT2D eigenvalue weighted by Crippen LogP contribution is -2.32. The van der Waals surface area contributed by atoms with Crippen molar-refractivity contribution in [1.82, 2.24) is 10.0 Å². The molecule has 0 bridgehead atoms. The van der Waals surface area contributed by atoms with Gasteiger partial charge in [0.05, 0.1) is 10.7 Å². The third kappa shape index (κ3) is 5.28. The minimum Gasteiger partial charge on any atom is -0.370 e. The molecule has 2 aromatic carbocycles. The SMILES string of the molecule is O=S(=O)(NCC1CCC(CN=C2CC3c4cc(Cl)ccc4CCC3N2)CC1)c1ccccc1. The van der Waals surface area contributed by atoms with Gasteiger partial charge in [-0.05, 0) is 85.8 Å². The Labute approximate surface area is 202 Å². The molecule has 2 aliphatic carbocycles. The summed E-state index contributed by atoms with van der Waals surface area (Å²) in [5.74, 6) is 2.63. The molecule has 2 atom stereocenters. The third-order valence-corrected chi connectivity index (χ3v) is 9.28. The number of fused-ring (bicyclic) bond motifs is 3. The monoisotopic (exact) mass is 485 g/mol. The van der Waals surface area contributed by atoms with Gasteiger partial charge in [-0.2, -0.15) is 0 Å². The second kappa shape index (κ2) is 9.77. The molecule has 0 spiro atoms. The molecule has 5 nitrogen and oxygen atoms in total. The summed E-state index contributed by atoms with van der Waals surface area (Å²) in [4.78, 5) is 5.31. The van der Waals surface area contributed by atoms with Crippen LogP contribution in [0.2, 0.25) is 5.02 Å². The van der Waals surface area contributed by atoms with Gasteiger partial charge in [-0.1, -0.05) is 35.9 Å². The van der Waals surface area contributed by atoms with Crippen LogP contribution in [0.4, 0.5) is 0 Å². The van der Waals surface area contributed by atoms with Crippen molar-refractivity contribution in [3.63, 3.8) is 0 Å². The van der Waals surface area contributed by atoms with Gasteiger partial charge in [0, 0.05) is 36.5 Å². The maximum absolute atomic E-state index is 12.4. The van der Waals surface area contributed by atoms with E-state index in [1.165, 1.54) is 11.1 Å². The van der Waals surface area contributed by atoms with Gasteiger partial charge < -0.3 is 5.32 Å². The van der Waals surface area contributed by atoms with Crippen molar-refractivity contribution in [3.05, 3.63) is 64.7 Å². The van der Waals surface area contributed by atoms with Crippen molar-refractivity contribution in [2.45, 2.75) is 61.8 Å². The van der Waals surface area contributed by atoms with Crippen molar-refractivity contribution < 1.29 is 8.42 Å². The lowest BCUT2D eigenvalue weighted by atomic mass is 9.80. The smallest absolute Gasteiger partial charge is 0.240 e. The molecule has 176 valence electrons. The molecular formula is C26H32ClN3O2S. The lowest BCUT2D eigenvalue weighted by Gasteiger charge is -2.28. The van der Waals surface area contributed by atoms with E-state index in [2.05, 4.69) is 22.2 Å². The van der Waals surface area contributed by atoms with Crippen LogP contribution in [0.3, 0.4) is 0 Å². The molecule has 2 unspecified atom stereocenters. The standard InChI is InChI=1S/C26H32ClN3O2S/c27-21-12-10-20-11-13-25-24(23(20)14-21)15-26(30-25)28-16-18-6-8-19(9-7-18)17-29-33(31,32)22-4-2-1-3-5-22/h1-5,10,12,14,18-19,24-25,29H,6-9,11,13,15-17H2,(H,28,30). The molecule has 1 saturated heterocycles. The highest BCUT2D eigenvalue weighted by molar-refractivity contribution is 7.89. The summed E-state index contributed by atoms with van der Waals surface area (Å²) in [7, 11) is -3.42. The molecule has 2 fully saturated rings. The Hall–Kier alpha value is -1.89. The molecule has 5 rings (SSSR count). The molecule has 2 aromatic rings. The van der Waals surface area contributed by atoms with Crippen molar-refractivity contribution in [2.24, 2.45) is 16.8 Å². The molecule has 2 N–H and O–H groups in total. The van der Waals surface area contributed by atoms with Crippen LogP contribution in [-0.2, 0) is 16.4 Å². The van der Waals surface area contributed by atoms with Crippen LogP contribution in [0.1, 0.15) is 55.6 Å². The van der Waals surface area contributed by atoms with Crippen LogP contribution < -0.4 is 10.0 Å². The number of aliphatic imine (C=N–C) groups is 1. The van der Waals surface area contributed by atoms with Crippen molar-refractivity contribution in [2.75, 3.05) is 13.1 Å². The van der Waals surface area contributed by atoms with Crippen LogP contribution in [0.15, 0.2) is 58.4 Å². The number of hydrogen-bond acceptors (Lipinski definition) is 3. The zero-order valence-corrected chi connectivity index (χ0v) is 20.4. The van der Waals surface area contributed by atoms with Gasteiger partial charge in [0.2, 0.25) is 10.0 Å². The fourth-order valence-electron chi connectivity index (χ4n) is 5.65. The van der Waals surface area contributed by atoms with Gasteiger partial charge in [0.25, 0.3) is 0 Å². The molecule has 3 aliphatic rings. The van der Waals surface area contributed by atoms with Crippen LogP contribution in [-0.4, -0.2) is 33.4 Å². The van der Waals surface area contributed by atoms with E-state index < -0.39 is 10.0 Å². The zero-order chi connectivity index (χ0) is 22.8. The van der Waals surface area contributed by atoms with E-state index in [0.29, 0.717) is 35.2 Å². The molecule has 7 heteroatoms. The van der Waals surface area contributed by atoms with Crippen LogP contribution >= 0.6 is 11.6 Å². The molecule has 0 aromatic heterocycles. The van der Waals surface area contributed by atoms with E-state index in [0.717, 1.165) is 62.3 Å². The first-order valence-corrected chi connectivity index (χ1v) is 14.0. The normalized spacial score (nSPS) is 28.2. The zero-order valence-electron chi connectivity index (χ0n) is 18.8. The summed E-state index contributed by atoms with van der Waals surface area (Å²) in [6.45, 7) is 1.39. The molecular weight excluding hydrogens is 454 g/mol. The second-order valence-electron chi connectivity index (χ2n) is 9.78. The Morgan fingerprint density at radius 2 is 1.76 bits per heavy atom.